The number of benzene rings is 1. The monoisotopic (exact) mass is 427 g/mol. The van der Waals surface area contributed by atoms with Gasteiger partial charge in [-0.25, -0.2) is 18.4 Å². The quantitative estimate of drug-likeness (QED) is 0.615. The number of halogens is 3. The zero-order valence-electron chi connectivity index (χ0n) is 15.1. The predicted molar refractivity (Wildman–Crippen MR) is 98.3 cm³/mol. The van der Waals surface area contributed by atoms with Gasteiger partial charge in [0.1, 0.15) is 12.1 Å². The Morgan fingerprint density at radius 1 is 1.21 bits per heavy atom. The van der Waals surface area contributed by atoms with Crippen molar-refractivity contribution in [1.82, 2.24) is 15.0 Å². The van der Waals surface area contributed by atoms with Gasteiger partial charge in [0, 0.05) is 11.8 Å². The smallest absolute Gasteiger partial charge is 0.447 e. The number of aryl methyl sites for hydroxylation is 1. The second kappa shape index (κ2) is 7.70. The number of nitrogens with two attached hydrogens (primary N) is 1. The highest BCUT2D eigenvalue weighted by Crippen LogP contribution is 2.35. The summed E-state index contributed by atoms with van der Waals surface area (Å²) in [4.78, 5) is 11.2. The van der Waals surface area contributed by atoms with Crippen molar-refractivity contribution >= 4 is 21.6 Å². The third-order valence-corrected chi connectivity index (χ3v) is 5.54. The van der Waals surface area contributed by atoms with Crippen molar-refractivity contribution < 1.29 is 26.0 Å². The Bertz CT molecular complexity index is 1120. The molecule has 0 aliphatic carbocycles. The molecule has 0 saturated carbocycles. The molecule has 8 nitrogen and oxygen atoms in total. The summed E-state index contributed by atoms with van der Waals surface area (Å²) in [6, 6.07) is 3.21. The van der Waals surface area contributed by atoms with Crippen molar-refractivity contribution in [3.05, 3.63) is 48.3 Å². The van der Waals surface area contributed by atoms with Gasteiger partial charge in [-0.1, -0.05) is 13.0 Å². The molecule has 0 bridgehead atoms. The van der Waals surface area contributed by atoms with E-state index in [1.807, 2.05) is 0 Å². The molecule has 154 valence electrons. The maximum absolute atomic E-state index is 12.9. The zero-order valence-corrected chi connectivity index (χ0v) is 15.9. The van der Waals surface area contributed by atoms with Crippen LogP contribution in [0.1, 0.15) is 18.4 Å². The standard InChI is InChI=1S/C17H16F3N5O3S/c1-2-10-7-11(29(26,27)17(18,19)20)3-4-12(10)13-8-24-16(21)25-15(13)23-9-14-22-5-6-28-14/h3-8H,2,9H2,1H3,(H3,21,23,24,25). The molecule has 12 heteroatoms. The lowest BCUT2D eigenvalue weighted by molar-refractivity contribution is -0.0436. The summed E-state index contributed by atoms with van der Waals surface area (Å²) < 4.78 is 67.2. The molecule has 0 unspecified atom stereocenters. The minimum atomic E-state index is -5.45. The lowest BCUT2D eigenvalue weighted by Crippen LogP contribution is -2.23. The highest BCUT2D eigenvalue weighted by Gasteiger charge is 2.47. The average molecular weight is 427 g/mol. The molecule has 3 N–H and O–H groups in total. The highest BCUT2D eigenvalue weighted by atomic mass is 32.2. The number of oxazole rings is 1. The van der Waals surface area contributed by atoms with Crippen molar-refractivity contribution in [3.63, 3.8) is 0 Å². The number of nitrogens with one attached hydrogen (secondary N) is 1. The minimum absolute atomic E-state index is 0.0158. The van der Waals surface area contributed by atoms with Gasteiger partial charge in [-0.3, -0.25) is 0 Å². The van der Waals surface area contributed by atoms with Gasteiger partial charge in [0.15, 0.2) is 0 Å². The summed E-state index contributed by atoms with van der Waals surface area (Å²) in [5.74, 6) is 0.672. The van der Waals surface area contributed by atoms with Crippen LogP contribution in [0.3, 0.4) is 0 Å². The maximum atomic E-state index is 12.9. The first kappa shape index (κ1) is 20.6. The first-order valence-electron chi connectivity index (χ1n) is 8.33. The Labute approximate surface area is 163 Å². The van der Waals surface area contributed by atoms with Crippen LogP contribution in [0.2, 0.25) is 0 Å². The van der Waals surface area contributed by atoms with E-state index in [1.54, 1.807) is 6.92 Å². The highest BCUT2D eigenvalue weighted by molar-refractivity contribution is 7.92. The van der Waals surface area contributed by atoms with Gasteiger partial charge in [0.05, 0.1) is 17.6 Å². The Morgan fingerprint density at radius 3 is 2.59 bits per heavy atom. The third-order valence-electron chi connectivity index (χ3n) is 4.06. The van der Waals surface area contributed by atoms with E-state index in [1.165, 1.54) is 24.7 Å². The molecule has 3 rings (SSSR count). The fraction of sp³-hybridized carbons (Fsp3) is 0.235. The molecule has 0 radical (unpaired) electrons. The molecule has 0 amide bonds. The number of rotatable bonds is 6. The zero-order chi connectivity index (χ0) is 21.2. The van der Waals surface area contributed by atoms with Crippen molar-refractivity contribution in [2.75, 3.05) is 11.1 Å². The molecule has 0 atom stereocenters. The Hall–Kier alpha value is -3.15. The topological polar surface area (TPSA) is 124 Å². The van der Waals surface area contributed by atoms with E-state index in [0.29, 0.717) is 28.4 Å². The SMILES string of the molecule is CCc1cc(S(=O)(=O)C(F)(F)F)ccc1-c1cnc(N)nc1NCc1ncco1. The van der Waals surface area contributed by atoms with E-state index < -0.39 is 20.2 Å². The van der Waals surface area contributed by atoms with Gasteiger partial charge in [-0.05, 0) is 29.7 Å². The van der Waals surface area contributed by atoms with Crippen LogP contribution in [0.15, 0.2) is 46.2 Å². The summed E-state index contributed by atoms with van der Waals surface area (Å²) in [6.07, 6.45) is 4.56. The fourth-order valence-electron chi connectivity index (χ4n) is 2.65. The van der Waals surface area contributed by atoms with Gasteiger partial charge >= 0.3 is 5.51 Å². The van der Waals surface area contributed by atoms with Crippen LogP contribution in [-0.2, 0) is 22.8 Å². The van der Waals surface area contributed by atoms with Crippen LogP contribution >= 0.6 is 0 Å². The van der Waals surface area contributed by atoms with Crippen LogP contribution < -0.4 is 11.1 Å². The largest absolute Gasteiger partial charge is 0.501 e. The van der Waals surface area contributed by atoms with E-state index in [4.69, 9.17) is 10.2 Å². The van der Waals surface area contributed by atoms with E-state index in [2.05, 4.69) is 20.3 Å². The maximum Gasteiger partial charge on any atom is 0.501 e. The van der Waals surface area contributed by atoms with E-state index >= 15 is 0 Å². The van der Waals surface area contributed by atoms with Gasteiger partial charge in [0.25, 0.3) is 9.84 Å². The summed E-state index contributed by atoms with van der Waals surface area (Å²) >= 11 is 0. The molecule has 0 aliphatic rings. The number of aromatic nitrogens is 3. The predicted octanol–water partition coefficient (Wildman–Crippen LogP) is 3.18. The molecule has 29 heavy (non-hydrogen) atoms. The summed E-state index contributed by atoms with van der Waals surface area (Å²) in [6.45, 7) is 1.87. The number of nitrogen functional groups attached to an aromatic ring is 1. The van der Waals surface area contributed by atoms with Crippen molar-refractivity contribution in [2.45, 2.75) is 30.3 Å². The minimum Gasteiger partial charge on any atom is -0.447 e. The first-order chi connectivity index (χ1) is 13.6. The molecule has 1 aromatic carbocycles. The molecule has 0 spiro atoms. The van der Waals surface area contributed by atoms with Crippen molar-refractivity contribution in [3.8, 4) is 11.1 Å². The number of nitrogens with zero attached hydrogens (tertiary/aromatic N) is 3. The van der Waals surface area contributed by atoms with Gasteiger partial charge in [-0.2, -0.15) is 18.2 Å². The Morgan fingerprint density at radius 2 is 1.97 bits per heavy atom. The second-order valence-electron chi connectivity index (χ2n) is 5.89. The summed E-state index contributed by atoms with van der Waals surface area (Å²) in [7, 11) is -5.45. The van der Waals surface area contributed by atoms with Crippen molar-refractivity contribution in [2.24, 2.45) is 0 Å². The van der Waals surface area contributed by atoms with Gasteiger partial charge in [-0.15, -0.1) is 0 Å². The molecule has 2 aromatic heterocycles. The number of hydrogen-bond acceptors (Lipinski definition) is 8. The molecule has 0 saturated heterocycles. The number of anilines is 2. The Kier molecular flexibility index (Phi) is 5.46. The number of sulfone groups is 1. The Balaban J connectivity index is 2.04. The molecular formula is C17H16F3N5O3S. The van der Waals surface area contributed by atoms with E-state index in [0.717, 1.165) is 12.1 Å². The van der Waals surface area contributed by atoms with Crippen LogP contribution in [0.25, 0.3) is 11.1 Å². The van der Waals surface area contributed by atoms with Crippen LogP contribution in [-0.4, -0.2) is 28.9 Å². The normalized spacial score (nSPS) is 12.1. The lowest BCUT2D eigenvalue weighted by Gasteiger charge is -2.15. The lowest BCUT2D eigenvalue weighted by atomic mass is 9.99. The fourth-order valence-corrected chi connectivity index (χ4v) is 3.46. The van der Waals surface area contributed by atoms with Gasteiger partial charge in [0.2, 0.25) is 11.8 Å². The third kappa shape index (κ3) is 4.16. The second-order valence-corrected chi connectivity index (χ2v) is 7.83. The van der Waals surface area contributed by atoms with Gasteiger partial charge < -0.3 is 15.5 Å². The molecule has 3 aromatic rings. The van der Waals surface area contributed by atoms with E-state index in [-0.39, 0.29) is 18.9 Å². The molecular weight excluding hydrogens is 411 g/mol. The number of hydrogen-bond donors (Lipinski definition) is 2. The first-order valence-corrected chi connectivity index (χ1v) is 9.81. The molecule has 0 fully saturated rings. The number of alkyl halides is 3. The summed E-state index contributed by atoms with van der Waals surface area (Å²) in [5.41, 5.74) is 1.56. The van der Waals surface area contributed by atoms with Crippen LogP contribution in [0, 0.1) is 0 Å². The van der Waals surface area contributed by atoms with E-state index in [9.17, 15) is 21.6 Å². The van der Waals surface area contributed by atoms with Crippen LogP contribution in [0.5, 0.6) is 0 Å². The van der Waals surface area contributed by atoms with Crippen LogP contribution in [0.4, 0.5) is 24.9 Å². The van der Waals surface area contributed by atoms with Crippen molar-refractivity contribution in [1.29, 1.82) is 0 Å². The molecule has 2 heterocycles. The average Bonchev–Trinajstić information content (AvgIpc) is 3.18. The summed E-state index contributed by atoms with van der Waals surface area (Å²) in [5, 5.41) is 2.99. The molecule has 0 aliphatic heterocycles.